The van der Waals surface area contributed by atoms with E-state index in [9.17, 15) is 9.59 Å². The number of esters is 1. The zero-order valence-electron chi connectivity index (χ0n) is 16.6. The molecule has 10 nitrogen and oxygen atoms in total. The molecular formula is C19H26N4O6. The van der Waals surface area contributed by atoms with Crippen molar-refractivity contribution in [2.45, 2.75) is 32.8 Å². The molecule has 5 N–H and O–H groups in total. The van der Waals surface area contributed by atoms with Gasteiger partial charge in [0.15, 0.2) is 0 Å². The highest BCUT2D eigenvalue weighted by atomic mass is 16.6. The molecule has 158 valence electrons. The SMILES string of the molecule is CC(=O)O.COC(=O)[C@@H](C)CNC(=O)C[C@H]1CC(c2ccc(C(=N)N)cc2)=NO1. The molecule has 0 spiro atoms. The number of hydrogen-bond donors (Lipinski definition) is 4. The Balaban J connectivity index is 0.000000960. The normalized spacial score (nSPS) is 15.7. The number of carbonyl (C=O) groups excluding carboxylic acids is 2. The molecule has 1 aromatic carbocycles. The van der Waals surface area contributed by atoms with E-state index in [1.54, 1.807) is 19.1 Å². The molecule has 0 fully saturated rings. The van der Waals surface area contributed by atoms with Gasteiger partial charge in [-0.3, -0.25) is 19.8 Å². The van der Waals surface area contributed by atoms with Gasteiger partial charge >= 0.3 is 5.97 Å². The molecular weight excluding hydrogens is 380 g/mol. The summed E-state index contributed by atoms with van der Waals surface area (Å²) in [7, 11) is 1.31. The fourth-order valence-electron chi connectivity index (χ4n) is 2.38. The maximum absolute atomic E-state index is 11.9. The zero-order chi connectivity index (χ0) is 22.0. The highest BCUT2D eigenvalue weighted by molar-refractivity contribution is 6.02. The molecule has 1 aliphatic heterocycles. The van der Waals surface area contributed by atoms with Crippen LogP contribution < -0.4 is 11.1 Å². The highest BCUT2D eigenvalue weighted by Gasteiger charge is 2.25. The molecule has 0 saturated heterocycles. The molecule has 0 radical (unpaired) electrons. The van der Waals surface area contributed by atoms with Gasteiger partial charge in [0.05, 0.1) is 25.2 Å². The predicted molar refractivity (Wildman–Crippen MR) is 106 cm³/mol. The van der Waals surface area contributed by atoms with Crippen LogP contribution in [-0.4, -0.2) is 54.3 Å². The van der Waals surface area contributed by atoms with E-state index in [0.717, 1.165) is 18.2 Å². The van der Waals surface area contributed by atoms with Gasteiger partial charge < -0.3 is 25.7 Å². The van der Waals surface area contributed by atoms with E-state index < -0.39 is 11.9 Å². The lowest BCUT2D eigenvalue weighted by Gasteiger charge is -2.12. The van der Waals surface area contributed by atoms with Crippen LogP contribution in [0.3, 0.4) is 0 Å². The van der Waals surface area contributed by atoms with E-state index in [-0.39, 0.29) is 36.8 Å². The van der Waals surface area contributed by atoms with Crippen molar-refractivity contribution in [3.8, 4) is 0 Å². The zero-order valence-corrected chi connectivity index (χ0v) is 16.6. The third kappa shape index (κ3) is 8.41. The molecule has 1 aromatic rings. The van der Waals surface area contributed by atoms with Crippen LogP contribution in [0.1, 0.15) is 37.8 Å². The Labute approximate surface area is 168 Å². The molecule has 1 amide bonds. The summed E-state index contributed by atoms with van der Waals surface area (Å²) in [5.41, 5.74) is 7.68. The lowest BCUT2D eigenvalue weighted by atomic mass is 10.0. The first-order valence-electron chi connectivity index (χ1n) is 8.85. The Morgan fingerprint density at radius 1 is 1.38 bits per heavy atom. The van der Waals surface area contributed by atoms with E-state index in [0.29, 0.717) is 12.0 Å². The lowest BCUT2D eigenvalue weighted by molar-refractivity contribution is -0.144. The molecule has 0 aromatic heterocycles. The van der Waals surface area contributed by atoms with Crippen LogP contribution in [0, 0.1) is 11.3 Å². The molecule has 10 heteroatoms. The minimum absolute atomic E-state index is 0.00638. The number of ether oxygens (including phenoxy) is 1. The van der Waals surface area contributed by atoms with Crippen LogP contribution in [0.25, 0.3) is 0 Å². The van der Waals surface area contributed by atoms with Crippen LogP contribution in [0.5, 0.6) is 0 Å². The van der Waals surface area contributed by atoms with Crippen molar-refractivity contribution in [1.82, 2.24) is 5.32 Å². The Morgan fingerprint density at radius 2 is 1.97 bits per heavy atom. The second-order valence-electron chi connectivity index (χ2n) is 6.41. The number of aliphatic carboxylic acids is 1. The Kier molecular flexibility index (Phi) is 9.30. The van der Waals surface area contributed by atoms with Gasteiger partial charge in [0.2, 0.25) is 5.91 Å². The third-order valence-corrected chi connectivity index (χ3v) is 3.88. The van der Waals surface area contributed by atoms with E-state index in [1.165, 1.54) is 7.11 Å². The lowest BCUT2D eigenvalue weighted by Crippen LogP contribution is -2.34. The first kappa shape index (κ1) is 23.6. The van der Waals surface area contributed by atoms with E-state index >= 15 is 0 Å². The van der Waals surface area contributed by atoms with Crippen molar-refractivity contribution in [3.05, 3.63) is 35.4 Å². The van der Waals surface area contributed by atoms with Gasteiger partial charge in [-0.15, -0.1) is 0 Å². The number of amides is 1. The molecule has 1 aliphatic rings. The number of oxime groups is 1. The molecule has 2 atom stereocenters. The fourth-order valence-corrected chi connectivity index (χ4v) is 2.38. The highest BCUT2D eigenvalue weighted by Crippen LogP contribution is 2.19. The average molecular weight is 406 g/mol. The molecule has 29 heavy (non-hydrogen) atoms. The van der Waals surface area contributed by atoms with E-state index in [4.69, 9.17) is 25.9 Å². The summed E-state index contributed by atoms with van der Waals surface area (Å²) in [4.78, 5) is 37.6. The monoisotopic (exact) mass is 406 g/mol. The first-order chi connectivity index (χ1) is 13.6. The van der Waals surface area contributed by atoms with Gasteiger partial charge in [0.1, 0.15) is 11.9 Å². The number of nitrogen functional groups attached to an aromatic ring is 1. The summed E-state index contributed by atoms with van der Waals surface area (Å²) in [6.07, 6.45) is 0.335. The smallest absolute Gasteiger partial charge is 0.310 e. The van der Waals surface area contributed by atoms with Crippen molar-refractivity contribution in [2.24, 2.45) is 16.8 Å². The van der Waals surface area contributed by atoms with Gasteiger partial charge in [-0.05, 0) is 5.56 Å². The number of hydrogen-bond acceptors (Lipinski definition) is 7. The molecule has 2 rings (SSSR count). The minimum Gasteiger partial charge on any atom is -0.481 e. The van der Waals surface area contributed by atoms with E-state index in [1.807, 2.05) is 12.1 Å². The maximum Gasteiger partial charge on any atom is 0.310 e. The number of methoxy groups -OCH3 is 1. The van der Waals surface area contributed by atoms with Crippen molar-refractivity contribution in [2.75, 3.05) is 13.7 Å². The van der Waals surface area contributed by atoms with Crippen LogP contribution in [-0.2, 0) is 24.0 Å². The van der Waals surface area contributed by atoms with E-state index in [2.05, 4.69) is 15.2 Å². The molecule has 0 bridgehead atoms. The number of carboxylic acid groups (broad SMARTS) is 1. The van der Waals surface area contributed by atoms with Gasteiger partial charge in [0.25, 0.3) is 5.97 Å². The van der Waals surface area contributed by atoms with Gasteiger partial charge in [-0.2, -0.15) is 0 Å². The standard InChI is InChI=1S/C17H22N4O4.C2H4O2/c1-10(17(23)24-2)9-20-15(22)8-13-7-14(21-25-13)11-3-5-12(6-4-11)16(18)19;1-2(3)4/h3-6,10,13H,7-9H2,1-2H3,(H3,18,19)(H,20,22);1H3,(H,3,4)/t10-,13+;/m0./s1. The summed E-state index contributed by atoms with van der Waals surface area (Å²) in [5, 5.41) is 21.5. The number of nitrogens with zero attached hydrogens (tertiary/aromatic N) is 1. The Bertz CT molecular complexity index is 771. The Hall–Kier alpha value is -3.43. The predicted octanol–water partition coefficient (Wildman–Crippen LogP) is 0.870. The topological polar surface area (TPSA) is 164 Å². The fraction of sp³-hybridized carbons (Fsp3) is 0.421. The summed E-state index contributed by atoms with van der Waals surface area (Å²) >= 11 is 0. The Morgan fingerprint density at radius 3 is 2.48 bits per heavy atom. The molecule has 0 unspecified atom stereocenters. The number of nitrogens with two attached hydrogens (primary N) is 1. The van der Waals surface area contributed by atoms with Crippen molar-refractivity contribution in [3.63, 3.8) is 0 Å². The summed E-state index contributed by atoms with van der Waals surface area (Å²) in [6, 6.07) is 7.13. The number of amidine groups is 1. The number of rotatable bonds is 7. The number of benzene rings is 1. The van der Waals surface area contributed by atoms with Crippen LogP contribution in [0.15, 0.2) is 29.4 Å². The maximum atomic E-state index is 11.9. The average Bonchev–Trinajstić information content (AvgIpc) is 3.13. The number of nitrogens with one attached hydrogen (secondary N) is 2. The summed E-state index contributed by atoms with van der Waals surface area (Å²) in [6.45, 7) is 2.99. The second-order valence-corrected chi connectivity index (χ2v) is 6.41. The van der Waals surface area contributed by atoms with Crippen molar-refractivity contribution in [1.29, 1.82) is 5.41 Å². The molecule has 0 saturated carbocycles. The molecule has 0 aliphatic carbocycles. The van der Waals surface area contributed by atoms with Crippen LogP contribution in [0.4, 0.5) is 0 Å². The second kappa shape index (κ2) is 11.4. The first-order valence-corrected chi connectivity index (χ1v) is 8.85. The van der Waals surface area contributed by atoms with Crippen molar-refractivity contribution < 1.29 is 29.1 Å². The number of carbonyl (C=O) groups is 3. The van der Waals surface area contributed by atoms with Gasteiger partial charge in [-0.1, -0.05) is 36.3 Å². The van der Waals surface area contributed by atoms with Crippen LogP contribution >= 0.6 is 0 Å². The molecule has 1 heterocycles. The van der Waals surface area contributed by atoms with Crippen LogP contribution in [0.2, 0.25) is 0 Å². The quantitative estimate of drug-likeness (QED) is 0.296. The summed E-state index contributed by atoms with van der Waals surface area (Å²) < 4.78 is 4.61. The summed E-state index contributed by atoms with van der Waals surface area (Å²) in [5.74, 6) is -1.79. The largest absolute Gasteiger partial charge is 0.481 e. The third-order valence-electron chi connectivity index (χ3n) is 3.88. The van der Waals surface area contributed by atoms with Gasteiger partial charge in [-0.25, -0.2) is 0 Å². The van der Waals surface area contributed by atoms with Crippen molar-refractivity contribution >= 4 is 29.4 Å². The number of carboxylic acids is 1. The van der Waals surface area contributed by atoms with Gasteiger partial charge in [0, 0.05) is 25.5 Å². The minimum atomic E-state index is -0.833.